The molecule has 4 aromatic rings. The van der Waals surface area contributed by atoms with E-state index in [0.29, 0.717) is 44.4 Å². The molecule has 1 N–H and O–H groups in total. The van der Waals surface area contributed by atoms with Gasteiger partial charge < -0.3 is 19.4 Å². The first-order valence-corrected chi connectivity index (χ1v) is 11.1. The van der Waals surface area contributed by atoms with Gasteiger partial charge in [-0.1, -0.05) is 35.2 Å². The number of nitrogens with zero attached hydrogens (tertiary/aromatic N) is 4. The molecule has 3 heterocycles. The largest absolute Gasteiger partial charge is 0.485 e. The lowest BCUT2D eigenvalue weighted by Crippen LogP contribution is -2.24. The Kier molecular flexibility index (Phi) is 5.20. The molecule has 158 valence electrons. The number of nitrogens with one attached hydrogen (secondary N) is 1. The molecule has 0 spiro atoms. The summed E-state index contributed by atoms with van der Waals surface area (Å²) in [5.74, 6) is 1.53. The lowest BCUT2D eigenvalue weighted by Gasteiger charge is -2.25. The van der Waals surface area contributed by atoms with Crippen LogP contribution >= 0.6 is 23.1 Å². The smallest absolute Gasteiger partial charge is 0.236 e. The number of ether oxygens (including phenoxy) is 2. The molecule has 5 rings (SSSR count). The number of hydrogen-bond acceptors (Lipinski definition) is 8. The predicted molar refractivity (Wildman–Crippen MR) is 115 cm³/mol. The molecule has 1 atom stereocenters. The highest BCUT2D eigenvalue weighted by Gasteiger charge is 2.27. The lowest BCUT2D eigenvalue weighted by molar-refractivity contribution is -0.113. The van der Waals surface area contributed by atoms with Crippen molar-refractivity contribution in [2.45, 2.75) is 11.3 Å². The molecule has 2 aromatic carbocycles. The fraction of sp³-hybridized carbons (Fsp3) is 0.200. The maximum absolute atomic E-state index is 13.3. The number of thioether (sulfide) groups is 1. The van der Waals surface area contributed by atoms with Crippen LogP contribution in [0.1, 0.15) is 11.9 Å². The Morgan fingerprint density at radius 2 is 2.13 bits per heavy atom. The molecule has 0 fully saturated rings. The molecule has 1 aliphatic rings. The number of carbonyl (C=O) groups is 1. The van der Waals surface area contributed by atoms with Crippen LogP contribution in [0.15, 0.2) is 47.6 Å². The summed E-state index contributed by atoms with van der Waals surface area (Å²) in [6.07, 6.45) is -0.390. The number of carbonyl (C=O) groups excluding carboxylic acids is 1. The van der Waals surface area contributed by atoms with E-state index in [1.165, 1.54) is 35.2 Å². The number of aromatic nitrogens is 4. The van der Waals surface area contributed by atoms with E-state index in [1.807, 2.05) is 31.3 Å². The highest BCUT2D eigenvalue weighted by molar-refractivity contribution is 7.99. The van der Waals surface area contributed by atoms with Crippen LogP contribution in [0.2, 0.25) is 0 Å². The number of benzene rings is 2. The van der Waals surface area contributed by atoms with Gasteiger partial charge in [0.05, 0.1) is 16.0 Å². The van der Waals surface area contributed by atoms with Gasteiger partial charge in [-0.15, -0.1) is 10.2 Å². The van der Waals surface area contributed by atoms with E-state index in [9.17, 15) is 9.18 Å². The number of fused-ring (bicyclic) bond motifs is 2. The molecule has 0 aliphatic carbocycles. The van der Waals surface area contributed by atoms with Gasteiger partial charge in [-0.25, -0.2) is 9.37 Å². The van der Waals surface area contributed by atoms with Crippen molar-refractivity contribution in [1.82, 2.24) is 19.7 Å². The third-order valence-electron chi connectivity index (χ3n) is 4.59. The van der Waals surface area contributed by atoms with Gasteiger partial charge in [0.2, 0.25) is 5.91 Å². The minimum atomic E-state index is -0.390. The molecule has 0 radical (unpaired) electrons. The molecule has 0 saturated carbocycles. The normalized spacial score (nSPS) is 15.2. The SMILES string of the molecule is Cn1c(SCC(=O)Nc2nc3ccc(F)cc3s2)nnc1C1COc2ccccc2O1. The number of amides is 1. The van der Waals surface area contributed by atoms with Gasteiger partial charge in [0.1, 0.15) is 12.4 Å². The molecule has 0 bridgehead atoms. The number of halogens is 1. The van der Waals surface area contributed by atoms with Gasteiger partial charge in [0.15, 0.2) is 33.7 Å². The first kappa shape index (κ1) is 19.8. The van der Waals surface area contributed by atoms with E-state index in [4.69, 9.17) is 9.47 Å². The van der Waals surface area contributed by atoms with Crippen LogP contribution in [-0.4, -0.2) is 38.0 Å². The van der Waals surface area contributed by atoms with E-state index >= 15 is 0 Å². The molecule has 8 nitrogen and oxygen atoms in total. The molecule has 1 unspecified atom stereocenters. The molecular formula is C20H16FN5O3S2. The fourth-order valence-corrected chi connectivity index (χ4v) is 4.74. The van der Waals surface area contributed by atoms with Crippen molar-refractivity contribution >= 4 is 44.4 Å². The Labute approximate surface area is 184 Å². The molecule has 1 aliphatic heterocycles. The van der Waals surface area contributed by atoms with E-state index in [0.717, 1.165) is 0 Å². The van der Waals surface area contributed by atoms with Crippen LogP contribution < -0.4 is 14.8 Å². The second-order valence-corrected chi connectivity index (χ2v) is 8.71. The monoisotopic (exact) mass is 457 g/mol. The van der Waals surface area contributed by atoms with Crippen molar-refractivity contribution in [3.63, 3.8) is 0 Å². The number of rotatable bonds is 5. The zero-order valence-electron chi connectivity index (χ0n) is 16.2. The minimum Gasteiger partial charge on any atom is -0.485 e. The van der Waals surface area contributed by atoms with Crippen LogP contribution in [-0.2, 0) is 11.8 Å². The first-order valence-electron chi connectivity index (χ1n) is 9.33. The van der Waals surface area contributed by atoms with Crippen molar-refractivity contribution in [3.8, 4) is 11.5 Å². The average molecular weight is 458 g/mol. The summed E-state index contributed by atoms with van der Waals surface area (Å²) in [5, 5.41) is 12.2. The highest BCUT2D eigenvalue weighted by Crippen LogP contribution is 2.35. The fourth-order valence-electron chi connectivity index (χ4n) is 3.12. The number of thiazole rings is 1. The Balaban J connectivity index is 1.22. The third kappa shape index (κ3) is 4.06. The van der Waals surface area contributed by atoms with E-state index in [-0.39, 0.29) is 17.5 Å². The zero-order valence-corrected chi connectivity index (χ0v) is 17.9. The molecule has 31 heavy (non-hydrogen) atoms. The van der Waals surface area contributed by atoms with Gasteiger partial charge >= 0.3 is 0 Å². The van der Waals surface area contributed by atoms with Crippen molar-refractivity contribution < 1.29 is 18.7 Å². The molecule has 1 amide bonds. The number of hydrogen-bond donors (Lipinski definition) is 1. The first-order chi connectivity index (χ1) is 15.1. The summed E-state index contributed by atoms with van der Waals surface area (Å²) in [6.45, 7) is 0.326. The topological polar surface area (TPSA) is 91.2 Å². The van der Waals surface area contributed by atoms with Gasteiger partial charge in [-0.3, -0.25) is 4.79 Å². The molecular weight excluding hydrogens is 441 g/mol. The summed E-state index contributed by atoms with van der Waals surface area (Å²) in [6, 6.07) is 11.8. The summed E-state index contributed by atoms with van der Waals surface area (Å²) in [5.41, 5.74) is 0.642. The standard InChI is InChI=1S/C20H16FN5O3S2/c1-26-18(15-9-28-13-4-2-3-5-14(13)29-15)24-25-20(26)30-10-17(27)23-19-22-12-7-6-11(21)8-16(12)31-19/h2-8,15H,9-10H2,1H3,(H,22,23,27). The summed E-state index contributed by atoms with van der Waals surface area (Å²) in [4.78, 5) is 16.6. The van der Waals surface area contributed by atoms with E-state index in [2.05, 4.69) is 20.5 Å². The molecule has 0 saturated heterocycles. The highest BCUT2D eigenvalue weighted by atomic mass is 32.2. The minimum absolute atomic E-state index is 0.126. The van der Waals surface area contributed by atoms with Gasteiger partial charge in [0.25, 0.3) is 0 Å². The molecule has 2 aromatic heterocycles. The van der Waals surface area contributed by atoms with Crippen molar-refractivity contribution in [3.05, 3.63) is 54.1 Å². The van der Waals surface area contributed by atoms with Gasteiger partial charge in [-0.05, 0) is 30.3 Å². The van der Waals surface area contributed by atoms with E-state index < -0.39 is 6.10 Å². The summed E-state index contributed by atoms with van der Waals surface area (Å²) in [7, 11) is 1.82. The summed E-state index contributed by atoms with van der Waals surface area (Å²) >= 11 is 2.48. The zero-order chi connectivity index (χ0) is 21.4. The maximum atomic E-state index is 13.3. The van der Waals surface area contributed by atoms with Gasteiger partial charge in [-0.2, -0.15) is 0 Å². The third-order valence-corrected chi connectivity index (χ3v) is 6.55. The maximum Gasteiger partial charge on any atom is 0.236 e. The van der Waals surface area contributed by atoms with Crippen molar-refractivity contribution in [2.24, 2.45) is 7.05 Å². The number of anilines is 1. The second-order valence-electron chi connectivity index (χ2n) is 6.73. The molecule has 11 heteroatoms. The Morgan fingerprint density at radius 1 is 1.29 bits per heavy atom. The summed E-state index contributed by atoms with van der Waals surface area (Å²) < 4.78 is 27.5. The van der Waals surface area contributed by atoms with Crippen LogP contribution in [0.5, 0.6) is 11.5 Å². The Hall–Kier alpha value is -3.18. The second kappa shape index (κ2) is 8.16. The predicted octanol–water partition coefficient (Wildman–Crippen LogP) is 3.81. The van der Waals surface area contributed by atoms with E-state index in [1.54, 1.807) is 10.6 Å². The van der Waals surface area contributed by atoms with Gasteiger partial charge in [0, 0.05) is 7.05 Å². The van der Waals surface area contributed by atoms with Crippen molar-refractivity contribution in [2.75, 3.05) is 17.7 Å². The van der Waals surface area contributed by atoms with Crippen LogP contribution in [0.3, 0.4) is 0 Å². The van der Waals surface area contributed by atoms with Crippen LogP contribution in [0.25, 0.3) is 10.2 Å². The van der Waals surface area contributed by atoms with Crippen LogP contribution in [0.4, 0.5) is 9.52 Å². The lowest BCUT2D eigenvalue weighted by atomic mass is 10.2. The quantitative estimate of drug-likeness (QED) is 0.456. The number of para-hydroxylation sites is 2. The average Bonchev–Trinajstić information content (AvgIpc) is 3.34. The Morgan fingerprint density at radius 3 is 3.00 bits per heavy atom. The Bertz CT molecular complexity index is 1270. The van der Waals surface area contributed by atoms with Crippen LogP contribution in [0, 0.1) is 5.82 Å². The van der Waals surface area contributed by atoms with Crippen molar-refractivity contribution in [1.29, 1.82) is 0 Å².